The van der Waals surface area contributed by atoms with Crippen LogP contribution < -0.4 is 9.47 Å². The van der Waals surface area contributed by atoms with Gasteiger partial charge in [0.15, 0.2) is 11.5 Å². The molecule has 162 valence electrons. The maximum absolute atomic E-state index is 10.7. The Kier molecular flexibility index (Phi) is 5.60. The Labute approximate surface area is 175 Å². The number of ether oxygens (including phenoxy) is 3. The van der Waals surface area contributed by atoms with E-state index in [4.69, 9.17) is 14.2 Å². The fraction of sp³-hybridized carbons (Fsp3) is 0.750. The van der Waals surface area contributed by atoms with Gasteiger partial charge in [-0.15, -0.1) is 0 Å². The molecule has 3 aliphatic rings. The first-order valence-corrected chi connectivity index (χ1v) is 11.0. The van der Waals surface area contributed by atoms with Gasteiger partial charge in [0.25, 0.3) is 0 Å². The summed E-state index contributed by atoms with van der Waals surface area (Å²) in [6, 6.07) is 4.16. The molecular weight excluding hydrogens is 366 g/mol. The first-order chi connectivity index (χ1) is 13.8. The summed E-state index contributed by atoms with van der Waals surface area (Å²) in [5.41, 5.74) is 3.15. The molecule has 4 atom stereocenters. The summed E-state index contributed by atoms with van der Waals surface area (Å²) in [6.45, 7) is 10.0. The van der Waals surface area contributed by atoms with Crippen molar-refractivity contribution in [3.63, 3.8) is 0 Å². The van der Waals surface area contributed by atoms with Gasteiger partial charge in [0.2, 0.25) is 0 Å². The molecule has 1 aromatic rings. The van der Waals surface area contributed by atoms with Gasteiger partial charge in [-0.25, -0.2) is 0 Å². The van der Waals surface area contributed by atoms with Crippen LogP contribution >= 0.6 is 0 Å². The number of aliphatic hydroxyl groups is 1. The second kappa shape index (κ2) is 7.75. The van der Waals surface area contributed by atoms with Gasteiger partial charge in [-0.2, -0.15) is 0 Å². The topological polar surface area (TPSA) is 51.2 Å². The average Bonchev–Trinajstić information content (AvgIpc) is 3.04. The third-order valence-electron chi connectivity index (χ3n) is 8.47. The lowest BCUT2D eigenvalue weighted by Crippen LogP contribution is -2.41. The molecule has 1 heterocycles. The van der Waals surface area contributed by atoms with Gasteiger partial charge in [0, 0.05) is 19.6 Å². The second-order valence-electron chi connectivity index (χ2n) is 10.0. The molecule has 0 unspecified atom stereocenters. The summed E-state index contributed by atoms with van der Waals surface area (Å²) in [7, 11) is 3.34. The highest BCUT2D eigenvalue weighted by Crippen LogP contribution is 2.66. The minimum absolute atomic E-state index is 0.247. The van der Waals surface area contributed by atoms with Crippen LogP contribution in [0.5, 0.6) is 11.5 Å². The summed E-state index contributed by atoms with van der Waals surface area (Å²) in [5.74, 6) is 2.32. The molecule has 4 rings (SSSR count). The zero-order chi connectivity index (χ0) is 20.8. The minimum Gasteiger partial charge on any atom is -0.493 e. The van der Waals surface area contributed by atoms with E-state index >= 15 is 0 Å². The molecule has 2 bridgehead atoms. The first-order valence-electron chi connectivity index (χ1n) is 11.0. The first kappa shape index (κ1) is 21.0. The summed E-state index contributed by atoms with van der Waals surface area (Å²) >= 11 is 0. The Balaban J connectivity index is 1.32. The third-order valence-corrected chi connectivity index (χ3v) is 8.47. The third kappa shape index (κ3) is 3.55. The van der Waals surface area contributed by atoms with E-state index in [-0.39, 0.29) is 11.5 Å². The van der Waals surface area contributed by atoms with Gasteiger partial charge < -0.3 is 19.3 Å². The number of aliphatic hydroxyl groups excluding tert-OH is 1. The lowest BCUT2D eigenvalue weighted by atomic mass is 9.70. The van der Waals surface area contributed by atoms with Crippen LogP contribution in [0.3, 0.4) is 0 Å². The van der Waals surface area contributed by atoms with Crippen molar-refractivity contribution in [1.29, 1.82) is 0 Å². The predicted molar refractivity (Wildman–Crippen MR) is 114 cm³/mol. The molecule has 1 aliphatic heterocycles. The van der Waals surface area contributed by atoms with Gasteiger partial charge in [0.05, 0.1) is 33.0 Å². The molecule has 0 saturated heterocycles. The van der Waals surface area contributed by atoms with Crippen LogP contribution in [0, 0.1) is 16.7 Å². The van der Waals surface area contributed by atoms with Crippen molar-refractivity contribution in [2.24, 2.45) is 16.7 Å². The zero-order valence-corrected chi connectivity index (χ0v) is 18.7. The van der Waals surface area contributed by atoms with Crippen LogP contribution in [0.1, 0.15) is 51.2 Å². The Morgan fingerprint density at radius 3 is 2.41 bits per heavy atom. The van der Waals surface area contributed by atoms with Crippen LogP contribution in [-0.2, 0) is 17.7 Å². The van der Waals surface area contributed by atoms with Gasteiger partial charge in [-0.1, -0.05) is 20.8 Å². The smallest absolute Gasteiger partial charge is 0.161 e. The fourth-order valence-electron chi connectivity index (χ4n) is 6.06. The quantitative estimate of drug-likeness (QED) is 0.753. The Hall–Kier alpha value is -1.30. The molecule has 2 fully saturated rings. The molecule has 5 heteroatoms. The van der Waals surface area contributed by atoms with E-state index in [1.165, 1.54) is 24.0 Å². The van der Waals surface area contributed by atoms with E-state index in [2.05, 4.69) is 37.8 Å². The Morgan fingerprint density at radius 2 is 1.83 bits per heavy atom. The van der Waals surface area contributed by atoms with E-state index < -0.39 is 6.10 Å². The number of hydrogen-bond donors (Lipinski definition) is 1. The minimum atomic E-state index is -0.456. The SMILES string of the molecule is COc1cc2c(cc1OC)CN(C[C@H](O)CO[C@@H]1C[C@H]3CC[C@@]1(C)C3(C)C)CC2. The van der Waals surface area contributed by atoms with E-state index in [1.807, 2.05) is 0 Å². The molecule has 29 heavy (non-hydrogen) atoms. The molecule has 2 aliphatic carbocycles. The van der Waals surface area contributed by atoms with E-state index in [1.54, 1.807) is 14.2 Å². The Morgan fingerprint density at radius 1 is 1.14 bits per heavy atom. The van der Waals surface area contributed by atoms with Crippen LogP contribution in [0.4, 0.5) is 0 Å². The molecule has 0 spiro atoms. The maximum Gasteiger partial charge on any atom is 0.161 e. The molecule has 1 aromatic carbocycles. The molecule has 1 N–H and O–H groups in total. The summed E-state index contributed by atoms with van der Waals surface area (Å²) < 4.78 is 17.2. The number of rotatable bonds is 7. The number of benzene rings is 1. The van der Waals surface area contributed by atoms with Crippen LogP contribution in [0.2, 0.25) is 0 Å². The maximum atomic E-state index is 10.7. The number of fused-ring (bicyclic) bond motifs is 3. The van der Waals surface area contributed by atoms with Gasteiger partial charge in [-0.3, -0.25) is 4.90 Å². The predicted octanol–water partition coefficient (Wildman–Crippen LogP) is 3.65. The summed E-state index contributed by atoms with van der Waals surface area (Å²) in [4.78, 5) is 2.31. The van der Waals surface area contributed by atoms with Crippen LogP contribution in [-0.4, -0.2) is 56.1 Å². The lowest BCUT2D eigenvalue weighted by Gasteiger charge is -2.39. The van der Waals surface area contributed by atoms with Crippen molar-refractivity contribution >= 4 is 0 Å². The van der Waals surface area contributed by atoms with Gasteiger partial charge in [0.1, 0.15) is 0 Å². The monoisotopic (exact) mass is 403 g/mol. The van der Waals surface area contributed by atoms with Crippen molar-refractivity contribution in [3.05, 3.63) is 23.3 Å². The standard InChI is InChI=1S/C24H37NO4/c1-23(2)18-6-8-24(23,3)22(12-18)29-15-19(26)14-25-9-7-16-10-20(27-4)21(28-5)11-17(16)13-25/h10-11,18-19,22,26H,6-9,12-15H2,1-5H3/t18-,19+,22-,24-/m1/s1. The van der Waals surface area contributed by atoms with Crippen molar-refractivity contribution in [2.45, 2.75) is 65.2 Å². The molecule has 0 amide bonds. The number of β-amino-alcohol motifs (C(OH)–C–C–N with tert-alkyl or cyclic N) is 1. The Bertz CT molecular complexity index is 749. The molecule has 0 radical (unpaired) electrons. The van der Waals surface area contributed by atoms with Crippen LogP contribution in [0.25, 0.3) is 0 Å². The van der Waals surface area contributed by atoms with Crippen molar-refractivity contribution < 1.29 is 19.3 Å². The van der Waals surface area contributed by atoms with Crippen molar-refractivity contribution in [3.8, 4) is 11.5 Å². The largest absolute Gasteiger partial charge is 0.493 e. The fourth-order valence-corrected chi connectivity index (χ4v) is 6.06. The lowest BCUT2D eigenvalue weighted by molar-refractivity contribution is -0.0798. The van der Waals surface area contributed by atoms with Gasteiger partial charge >= 0.3 is 0 Å². The van der Waals surface area contributed by atoms with Crippen molar-refractivity contribution in [2.75, 3.05) is 33.9 Å². The van der Waals surface area contributed by atoms with E-state index in [9.17, 15) is 5.11 Å². The molecule has 5 nitrogen and oxygen atoms in total. The summed E-state index contributed by atoms with van der Waals surface area (Å²) in [5, 5.41) is 10.7. The molecule has 0 aromatic heterocycles. The second-order valence-corrected chi connectivity index (χ2v) is 10.0. The normalized spacial score (nSPS) is 31.5. The number of hydrogen-bond acceptors (Lipinski definition) is 5. The molecule has 2 saturated carbocycles. The van der Waals surface area contributed by atoms with Gasteiger partial charge in [-0.05, 0) is 65.7 Å². The highest BCUT2D eigenvalue weighted by atomic mass is 16.5. The average molecular weight is 404 g/mol. The molecular formula is C24H37NO4. The van der Waals surface area contributed by atoms with E-state index in [0.29, 0.717) is 18.6 Å². The summed E-state index contributed by atoms with van der Waals surface area (Å²) in [6.07, 6.45) is 4.51. The number of nitrogens with zero attached hydrogens (tertiary/aromatic N) is 1. The zero-order valence-electron chi connectivity index (χ0n) is 18.7. The highest BCUT2D eigenvalue weighted by Gasteiger charge is 2.61. The van der Waals surface area contributed by atoms with Crippen LogP contribution in [0.15, 0.2) is 12.1 Å². The van der Waals surface area contributed by atoms with Crippen molar-refractivity contribution in [1.82, 2.24) is 4.90 Å². The number of methoxy groups -OCH3 is 2. The van der Waals surface area contributed by atoms with E-state index in [0.717, 1.165) is 43.3 Å². The highest BCUT2D eigenvalue weighted by molar-refractivity contribution is 5.48.